The number of benzene rings is 5. The van der Waals surface area contributed by atoms with Crippen LogP contribution in [0.15, 0.2) is 109 Å². The van der Waals surface area contributed by atoms with Crippen LogP contribution in [0.1, 0.15) is 11.1 Å². The molecule has 4 nitrogen and oxygen atoms in total. The molecule has 0 fully saturated rings. The van der Waals surface area contributed by atoms with E-state index in [4.69, 9.17) is 13.1 Å². The SMILES string of the molecule is [C-]#[N+]c1cc([N+]#[C-])cc(-c2cc3c(-c4ccccc4)c4sc(-c5cc(C#N)cc(C#N)c5)cc4c(-c4ccccc4)c3s2)c1. The molecule has 0 amide bonds. The lowest BCUT2D eigenvalue weighted by atomic mass is 9.93. The Morgan fingerprint density at radius 2 is 0.932 bits per heavy atom. The fourth-order valence-electron chi connectivity index (χ4n) is 5.60. The van der Waals surface area contributed by atoms with Crippen LogP contribution < -0.4 is 0 Å². The minimum Gasteiger partial charge on any atom is -0.239 e. The molecular formula is C38H18N4S2. The van der Waals surface area contributed by atoms with E-state index in [1.54, 1.807) is 34.8 Å². The second kappa shape index (κ2) is 11.0. The Kier molecular flexibility index (Phi) is 6.71. The van der Waals surface area contributed by atoms with Gasteiger partial charge in [0.2, 0.25) is 0 Å². The number of hydrogen-bond donors (Lipinski definition) is 0. The summed E-state index contributed by atoms with van der Waals surface area (Å²) in [6.45, 7) is 15.2. The van der Waals surface area contributed by atoms with E-state index in [1.165, 1.54) is 0 Å². The predicted molar refractivity (Wildman–Crippen MR) is 181 cm³/mol. The molecule has 2 heterocycles. The van der Waals surface area contributed by atoms with Gasteiger partial charge in [0, 0.05) is 41.1 Å². The Balaban J connectivity index is 1.62. The summed E-state index contributed by atoms with van der Waals surface area (Å²) in [4.78, 5) is 9.21. The zero-order valence-corrected chi connectivity index (χ0v) is 24.6. The molecule has 5 aromatic carbocycles. The quantitative estimate of drug-likeness (QED) is 0.190. The number of nitrogens with zero attached hydrogens (tertiary/aromatic N) is 4. The van der Waals surface area contributed by atoms with Gasteiger partial charge in [-0.3, -0.25) is 0 Å². The van der Waals surface area contributed by atoms with E-state index in [-0.39, 0.29) is 0 Å². The van der Waals surface area contributed by atoms with Crippen LogP contribution in [0, 0.1) is 35.8 Å². The van der Waals surface area contributed by atoms with Crippen molar-refractivity contribution in [2.45, 2.75) is 0 Å². The van der Waals surface area contributed by atoms with E-state index in [1.807, 2.05) is 60.7 Å². The van der Waals surface area contributed by atoms with E-state index in [2.05, 4.69) is 58.2 Å². The Morgan fingerprint density at radius 3 is 1.34 bits per heavy atom. The van der Waals surface area contributed by atoms with Crippen LogP contribution in [0.5, 0.6) is 0 Å². The molecular weight excluding hydrogens is 577 g/mol. The van der Waals surface area contributed by atoms with Crippen molar-refractivity contribution in [1.82, 2.24) is 0 Å². The Morgan fingerprint density at radius 1 is 0.500 bits per heavy atom. The monoisotopic (exact) mass is 594 g/mol. The van der Waals surface area contributed by atoms with Gasteiger partial charge < -0.3 is 0 Å². The summed E-state index contributed by atoms with van der Waals surface area (Å²) in [5.41, 5.74) is 7.87. The van der Waals surface area contributed by atoms with Crippen LogP contribution in [-0.4, -0.2) is 0 Å². The molecule has 2 aromatic heterocycles. The lowest BCUT2D eigenvalue weighted by molar-refractivity contribution is 1.45. The zero-order valence-electron chi connectivity index (χ0n) is 23.0. The zero-order chi connectivity index (χ0) is 30.2. The summed E-state index contributed by atoms with van der Waals surface area (Å²) < 4.78 is 2.22. The standard InChI is InChI=1S/C38H18N4S2/c1-41-29-16-28(17-30(18-29)42-2)34-20-32-36(26-11-7-4-8-12-26)37-31(35(38(32)44-34)25-9-5-3-6-10-25)19-33(43-37)27-14-23(21-39)13-24(15-27)22-40/h3-20H. The average molecular weight is 595 g/mol. The van der Waals surface area contributed by atoms with Crippen molar-refractivity contribution in [2.75, 3.05) is 0 Å². The largest absolute Gasteiger partial charge is 0.239 e. The first kappa shape index (κ1) is 26.9. The maximum atomic E-state index is 9.65. The molecule has 0 saturated heterocycles. The molecule has 202 valence electrons. The van der Waals surface area contributed by atoms with Gasteiger partial charge in [-0.05, 0) is 52.6 Å². The number of nitriles is 2. The highest BCUT2D eigenvalue weighted by Gasteiger charge is 2.23. The molecule has 0 aliphatic carbocycles. The summed E-state index contributed by atoms with van der Waals surface area (Å²) >= 11 is 3.32. The third-order valence-corrected chi connectivity index (χ3v) is 9.91. The van der Waals surface area contributed by atoms with Crippen LogP contribution in [0.25, 0.3) is 73.0 Å². The number of rotatable bonds is 4. The third-order valence-electron chi connectivity index (χ3n) is 7.50. The third kappa shape index (κ3) is 4.59. The van der Waals surface area contributed by atoms with Gasteiger partial charge in [0.25, 0.3) is 0 Å². The highest BCUT2D eigenvalue weighted by Crippen LogP contribution is 2.52. The van der Waals surface area contributed by atoms with E-state index in [0.29, 0.717) is 22.5 Å². The normalized spacial score (nSPS) is 10.6. The van der Waals surface area contributed by atoms with Crippen molar-refractivity contribution < 1.29 is 0 Å². The van der Waals surface area contributed by atoms with Gasteiger partial charge in [-0.1, -0.05) is 78.9 Å². The molecule has 6 heteroatoms. The minimum atomic E-state index is 0.444. The van der Waals surface area contributed by atoms with Gasteiger partial charge in [-0.15, -0.1) is 22.7 Å². The highest BCUT2D eigenvalue weighted by molar-refractivity contribution is 7.25. The second-order valence-corrected chi connectivity index (χ2v) is 12.3. The van der Waals surface area contributed by atoms with Gasteiger partial charge in [-0.2, -0.15) is 10.5 Å². The molecule has 0 N–H and O–H groups in total. The van der Waals surface area contributed by atoms with Crippen molar-refractivity contribution in [3.8, 4) is 55.3 Å². The molecule has 0 atom stereocenters. The van der Waals surface area contributed by atoms with Gasteiger partial charge in [0.1, 0.15) is 0 Å². The fourth-order valence-corrected chi connectivity index (χ4v) is 8.07. The van der Waals surface area contributed by atoms with Crippen molar-refractivity contribution in [2.24, 2.45) is 0 Å². The molecule has 0 unspecified atom stereocenters. The van der Waals surface area contributed by atoms with E-state index in [0.717, 1.165) is 63.3 Å². The van der Waals surface area contributed by atoms with Gasteiger partial charge in [-0.25, -0.2) is 9.69 Å². The molecule has 7 rings (SSSR count). The molecule has 0 spiro atoms. The lowest BCUT2D eigenvalue weighted by Crippen LogP contribution is -1.85. The fraction of sp³-hybridized carbons (Fsp3) is 0. The Labute approximate surface area is 262 Å². The summed E-state index contributed by atoms with van der Waals surface area (Å²) in [6.07, 6.45) is 0. The van der Waals surface area contributed by atoms with Crippen LogP contribution in [0.2, 0.25) is 0 Å². The number of thiophene rings is 2. The van der Waals surface area contributed by atoms with Crippen LogP contribution in [-0.2, 0) is 0 Å². The first-order valence-electron chi connectivity index (χ1n) is 13.6. The predicted octanol–water partition coefficient (Wildman–Crippen LogP) is 11.6. The Hall–Kier alpha value is -6.02. The van der Waals surface area contributed by atoms with Crippen LogP contribution in [0.4, 0.5) is 11.4 Å². The minimum absolute atomic E-state index is 0.444. The van der Waals surface area contributed by atoms with Gasteiger partial charge in [0.05, 0.1) is 36.4 Å². The van der Waals surface area contributed by atoms with E-state index >= 15 is 0 Å². The summed E-state index contributed by atoms with van der Waals surface area (Å²) in [5.74, 6) is 0. The second-order valence-electron chi connectivity index (χ2n) is 10.2. The molecule has 0 aliphatic heterocycles. The first-order valence-corrected chi connectivity index (χ1v) is 15.2. The van der Waals surface area contributed by atoms with Crippen LogP contribution >= 0.6 is 22.7 Å². The summed E-state index contributed by atoms with van der Waals surface area (Å²) in [5, 5.41) is 21.5. The average Bonchev–Trinajstić information content (AvgIpc) is 3.72. The molecule has 0 radical (unpaired) electrons. The smallest absolute Gasteiger partial charge is 0.177 e. The molecule has 7 aromatic rings. The molecule has 0 bridgehead atoms. The van der Waals surface area contributed by atoms with Gasteiger partial charge in [0.15, 0.2) is 11.4 Å². The van der Waals surface area contributed by atoms with Crippen LogP contribution in [0.3, 0.4) is 0 Å². The lowest BCUT2D eigenvalue weighted by Gasteiger charge is -2.12. The molecule has 0 aliphatic rings. The van der Waals surface area contributed by atoms with Crippen molar-refractivity contribution in [3.05, 3.63) is 143 Å². The first-order chi connectivity index (χ1) is 21.6. The van der Waals surface area contributed by atoms with E-state index < -0.39 is 0 Å². The van der Waals surface area contributed by atoms with Gasteiger partial charge >= 0.3 is 0 Å². The maximum Gasteiger partial charge on any atom is 0.177 e. The number of fused-ring (bicyclic) bond motifs is 2. The van der Waals surface area contributed by atoms with Crippen molar-refractivity contribution in [3.63, 3.8) is 0 Å². The molecule has 0 saturated carbocycles. The number of hydrogen-bond acceptors (Lipinski definition) is 4. The topological polar surface area (TPSA) is 56.3 Å². The molecule has 44 heavy (non-hydrogen) atoms. The van der Waals surface area contributed by atoms with E-state index in [9.17, 15) is 10.5 Å². The highest BCUT2D eigenvalue weighted by atomic mass is 32.1. The Bertz CT molecular complexity index is 2130. The maximum absolute atomic E-state index is 9.65. The summed E-state index contributed by atoms with van der Waals surface area (Å²) in [7, 11) is 0. The van der Waals surface area contributed by atoms with Crippen molar-refractivity contribution >= 4 is 54.2 Å². The summed E-state index contributed by atoms with van der Waals surface area (Å²) in [6, 6.07) is 40.0. The van der Waals surface area contributed by atoms with Crippen molar-refractivity contribution in [1.29, 1.82) is 10.5 Å².